The normalized spacial score (nSPS) is 16.3. The molecule has 0 aliphatic carbocycles. The van der Waals surface area contributed by atoms with Gasteiger partial charge in [0, 0.05) is 24.7 Å². The Labute approximate surface area is 140 Å². The lowest BCUT2D eigenvalue weighted by atomic mass is 9.99. The topological polar surface area (TPSA) is 105 Å². The van der Waals surface area contributed by atoms with E-state index >= 15 is 0 Å². The summed E-state index contributed by atoms with van der Waals surface area (Å²) in [6, 6.07) is 9.23. The fourth-order valence-electron chi connectivity index (χ4n) is 3.03. The maximum absolute atomic E-state index is 12.4. The summed E-state index contributed by atoms with van der Waals surface area (Å²) in [5.41, 5.74) is 1.42. The number of sulfonamides is 1. The van der Waals surface area contributed by atoms with Gasteiger partial charge in [0.2, 0.25) is 10.0 Å². The highest BCUT2D eigenvalue weighted by Crippen LogP contribution is 2.23. The summed E-state index contributed by atoms with van der Waals surface area (Å²) in [5.74, 6) is -0.00123. The monoisotopic (exact) mass is 348 g/mol. The smallest absolute Gasteiger partial charge is 0.321 e. The van der Waals surface area contributed by atoms with Gasteiger partial charge in [0.1, 0.15) is 0 Å². The van der Waals surface area contributed by atoms with Crippen molar-refractivity contribution in [1.82, 2.24) is 9.88 Å². The van der Waals surface area contributed by atoms with Crippen molar-refractivity contribution in [1.29, 1.82) is 0 Å². The number of benzene rings is 1. The quantitative estimate of drug-likeness (QED) is 0.881. The van der Waals surface area contributed by atoms with E-state index < -0.39 is 10.0 Å². The van der Waals surface area contributed by atoms with E-state index in [9.17, 15) is 13.2 Å². The molecule has 7 nitrogen and oxygen atoms in total. The van der Waals surface area contributed by atoms with Gasteiger partial charge in [0.05, 0.1) is 17.0 Å². The van der Waals surface area contributed by atoms with E-state index in [1.807, 2.05) is 30.3 Å². The number of carbonyl (C=O) groups excluding carboxylic acids is 1. The lowest BCUT2D eigenvalue weighted by Gasteiger charge is -2.31. The summed E-state index contributed by atoms with van der Waals surface area (Å²) in [5, 5.41) is 8.95. The van der Waals surface area contributed by atoms with Crippen LogP contribution >= 0.6 is 0 Å². The van der Waals surface area contributed by atoms with Crippen molar-refractivity contribution >= 4 is 32.6 Å². The van der Waals surface area contributed by atoms with Crippen molar-refractivity contribution < 1.29 is 13.2 Å². The number of para-hydroxylation sites is 1. The van der Waals surface area contributed by atoms with E-state index in [0.29, 0.717) is 31.6 Å². The molecule has 0 atom stereocenters. The maximum atomic E-state index is 12.4. The standard InChI is InChI=1S/C16H20N4O3S/c17-24(22,23)11-12-6-9-20(10-7-12)16(21)19-14-5-1-3-13-4-2-8-18-15(13)14/h1-5,8,12H,6-7,9-11H2,(H,19,21)(H2,17,22,23). The van der Waals surface area contributed by atoms with Gasteiger partial charge in [-0.3, -0.25) is 4.98 Å². The van der Waals surface area contributed by atoms with Crippen LogP contribution < -0.4 is 10.5 Å². The average molecular weight is 348 g/mol. The lowest BCUT2D eigenvalue weighted by Crippen LogP contribution is -2.42. The van der Waals surface area contributed by atoms with Crippen molar-refractivity contribution in [2.45, 2.75) is 12.8 Å². The molecular weight excluding hydrogens is 328 g/mol. The molecule has 1 fully saturated rings. The second-order valence-electron chi connectivity index (χ2n) is 6.07. The van der Waals surface area contributed by atoms with Gasteiger partial charge in [0.15, 0.2) is 0 Å². The summed E-state index contributed by atoms with van der Waals surface area (Å²) in [6.07, 6.45) is 2.96. The molecule has 24 heavy (non-hydrogen) atoms. The average Bonchev–Trinajstić information content (AvgIpc) is 2.54. The number of amides is 2. The molecule has 3 N–H and O–H groups in total. The number of piperidine rings is 1. The minimum absolute atomic E-state index is 0.0169. The molecular formula is C16H20N4O3S. The van der Waals surface area contributed by atoms with Gasteiger partial charge in [-0.1, -0.05) is 18.2 Å². The molecule has 1 saturated heterocycles. The number of anilines is 1. The van der Waals surface area contributed by atoms with Gasteiger partial charge in [-0.05, 0) is 30.9 Å². The first-order valence-corrected chi connectivity index (χ1v) is 9.54. The van der Waals surface area contributed by atoms with E-state index in [1.165, 1.54) is 0 Å². The highest BCUT2D eigenvalue weighted by molar-refractivity contribution is 7.89. The number of hydrogen-bond acceptors (Lipinski definition) is 4. The molecule has 1 aromatic heterocycles. The van der Waals surface area contributed by atoms with Gasteiger partial charge in [-0.25, -0.2) is 18.4 Å². The molecule has 1 aromatic carbocycles. The van der Waals surface area contributed by atoms with Crippen molar-refractivity contribution in [3.05, 3.63) is 36.5 Å². The van der Waals surface area contributed by atoms with Crippen molar-refractivity contribution in [2.24, 2.45) is 11.1 Å². The number of nitrogens with one attached hydrogen (secondary N) is 1. The molecule has 2 amide bonds. The van der Waals surface area contributed by atoms with E-state index in [-0.39, 0.29) is 17.7 Å². The number of primary sulfonamides is 1. The van der Waals surface area contributed by atoms with Crippen LogP contribution in [0.15, 0.2) is 36.5 Å². The van der Waals surface area contributed by atoms with Crippen LogP contribution in [-0.2, 0) is 10.0 Å². The van der Waals surface area contributed by atoms with E-state index in [4.69, 9.17) is 5.14 Å². The molecule has 8 heteroatoms. The number of carbonyl (C=O) groups is 1. The molecule has 0 unspecified atom stereocenters. The number of aromatic nitrogens is 1. The second-order valence-corrected chi connectivity index (χ2v) is 7.73. The summed E-state index contributed by atoms with van der Waals surface area (Å²) >= 11 is 0. The number of nitrogens with zero attached hydrogens (tertiary/aromatic N) is 2. The second kappa shape index (κ2) is 6.74. The fraction of sp³-hybridized carbons (Fsp3) is 0.375. The Hall–Kier alpha value is -2.19. The number of pyridine rings is 1. The summed E-state index contributed by atoms with van der Waals surface area (Å²) in [7, 11) is -3.46. The van der Waals surface area contributed by atoms with Crippen LogP contribution in [0.5, 0.6) is 0 Å². The summed E-state index contributed by atoms with van der Waals surface area (Å²) < 4.78 is 22.3. The number of hydrogen-bond donors (Lipinski definition) is 2. The van der Waals surface area contributed by atoms with Crippen LogP contribution in [0, 0.1) is 5.92 Å². The lowest BCUT2D eigenvalue weighted by molar-refractivity contribution is 0.187. The zero-order chi connectivity index (χ0) is 17.2. The molecule has 1 aliphatic rings. The van der Waals surface area contributed by atoms with Crippen LogP contribution in [0.3, 0.4) is 0 Å². The van der Waals surface area contributed by atoms with Crippen LogP contribution in [0.25, 0.3) is 10.9 Å². The largest absolute Gasteiger partial charge is 0.325 e. The number of likely N-dealkylation sites (tertiary alicyclic amines) is 1. The highest BCUT2D eigenvalue weighted by Gasteiger charge is 2.25. The van der Waals surface area contributed by atoms with Crippen molar-refractivity contribution in [3.8, 4) is 0 Å². The number of urea groups is 1. The Morgan fingerprint density at radius 1 is 1.25 bits per heavy atom. The van der Waals surface area contributed by atoms with Gasteiger partial charge < -0.3 is 10.2 Å². The molecule has 0 saturated carbocycles. The van der Waals surface area contributed by atoms with Crippen LogP contribution in [0.1, 0.15) is 12.8 Å². The number of rotatable bonds is 3. The Bertz CT molecular complexity index is 840. The summed E-state index contributed by atoms with van der Waals surface area (Å²) in [6.45, 7) is 1.04. The highest BCUT2D eigenvalue weighted by atomic mass is 32.2. The predicted octanol–water partition coefficient (Wildman–Crippen LogP) is 1.77. The molecule has 0 radical (unpaired) electrons. The molecule has 2 heterocycles. The predicted molar refractivity (Wildman–Crippen MR) is 93.0 cm³/mol. The molecule has 0 spiro atoms. The van der Waals surface area contributed by atoms with Gasteiger partial charge in [-0.15, -0.1) is 0 Å². The molecule has 128 valence electrons. The molecule has 3 rings (SSSR count). The number of nitrogens with two attached hydrogens (primary N) is 1. The van der Waals surface area contributed by atoms with Gasteiger partial charge in [-0.2, -0.15) is 0 Å². The Kier molecular flexibility index (Phi) is 4.68. The minimum atomic E-state index is -3.46. The van der Waals surface area contributed by atoms with E-state index in [0.717, 1.165) is 10.9 Å². The molecule has 0 bridgehead atoms. The zero-order valence-electron chi connectivity index (χ0n) is 13.2. The van der Waals surface area contributed by atoms with Gasteiger partial charge >= 0.3 is 6.03 Å². The molecule has 1 aliphatic heterocycles. The van der Waals surface area contributed by atoms with Crippen molar-refractivity contribution in [2.75, 3.05) is 24.2 Å². The first-order chi connectivity index (χ1) is 11.4. The zero-order valence-corrected chi connectivity index (χ0v) is 14.0. The third kappa shape index (κ3) is 4.01. The minimum Gasteiger partial charge on any atom is -0.325 e. The van der Waals surface area contributed by atoms with Crippen LogP contribution in [0.4, 0.5) is 10.5 Å². The third-order valence-electron chi connectivity index (χ3n) is 4.24. The van der Waals surface area contributed by atoms with Crippen LogP contribution in [-0.4, -0.2) is 43.2 Å². The van der Waals surface area contributed by atoms with Crippen LogP contribution in [0.2, 0.25) is 0 Å². The SMILES string of the molecule is NS(=O)(=O)CC1CCN(C(=O)Nc2cccc3cccnc23)CC1. The van der Waals surface area contributed by atoms with Crippen molar-refractivity contribution in [3.63, 3.8) is 0 Å². The Morgan fingerprint density at radius 2 is 1.96 bits per heavy atom. The number of fused-ring (bicyclic) bond motifs is 1. The van der Waals surface area contributed by atoms with E-state index in [1.54, 1.807) is 11.1 Å². The third-order valence-corrected chi connectivity index (χ3v) is 5.18. The summed E-state index contributed by atoms with van der Waals surface area (Å²) in [4.78, 5) is 18.5. The Balaban J connectivity index is 1.64. The van der Waals surface area contributed by atoms with E-state index in [2.05, 4.69) is 10.3 Å². The van der Waals surface area contributed by atoms with Gasteiger partial charge in [0.25, 0.3) is 0 Å². The fourth-order valence-corrected chi connectivity index (χ4v) is 4.02. The Morgan fingerprint density at radius 3 is 2.67 bits per heavy atom. The first kappa shape index (κ1) is 16.7. The first-order valence-electron chi connectivity index (χ1n) is 7.82. The maximum Gasteiger partial charge on any atom is 0.321 e. The molecule has 2 aromatic rings.